The highest BCUT2D eigenvalue weighted by molar-refractivity contribution is 6.34. The molecule has 0 aliphatic rings. The van der Waals surface area contributed by atoms with Gasteiger partial charge in [-0.1, -0.05) is 70.7 Å². The van der Waals surface area contributed by atoms with Crippen molar-refractivity contribution in [3.05, 3.63) is 91.9 Å². The SMILES string of the molecule is COc1cc2nc(-c3ccc(/C=C/c4ccc(-c5nc6cc(OC)c(Cl)cc6o5)cc4Cl)c(Cl)c3)oc2cc1Cl. The number of benzene rings is 4. The number of methoxy groups -OCH3 is 2. The van der Waals surface area contributed by atoms with Crippen LogP contribution in [0.1, 0.15) is 11.1 Å². The number of hydrogen-bond donors (Lipinski definition) is 0. The molecule has 0 spiro atoms. The van der Waals surface area contributed by atoms with Crippen LogP contribution >= 0.6 is 46.4 Å². The van der Waals surface area contributed by atoms with E-state index in [1.165, 1.54) is 0 Å². The summed E-state index contributed by atoms with van der Waals surface area (Å²) in [6.45, 7) is 0. The van der Waals surface area contributed by atoms with Crippen molar-refractivity contribution in [1.82, 2.24) is 9.97 Å². The van der Waals surface area contributed by atoms with Gasteiger partial charge in [-0.3, -0.25) is 0 Å². The van der Waals surface area contributed by atoms with E-state index in [1.54, 1.807) is 50.6 Å². The van der Waals surface area contributed by atoms with Gasteiger partial charge in [-0.2, -0.15) is 0 Å². The molecule has 0 amide bonds. The molecule has 0 aliphatic heterocycles. The van der Waals surface area contributed by atoms with Gasteiger partial charge in [0.05, 0.1) is 24.3 Å². The lowest BCUT2D eigenvalue weighted by atomic mass is 10.1. The van der Waals surface area contributed by atoms with E-state index in [0.29, 0.717) is 65.6 Å². The maximum absolute atomic E-state index is 6.60. The molecule has 10 heteroatoms. The van der Waals surface area contributed by atoms with E-state index in [1.807, 2.05) is 36.4 Å². The Labute approximate surface area is 248 Å². The van der Waals surface area contributed by atoms with E-state index in [0.717, 1.165) is 22.3 Å². The van der Waals surface area contributed by atoms with Crippen molar-refractivity contribution in [3.8, 4) is 34.4 Å². The molecule has 0 N–H and O–H groups in total. The number of oxazole rings is 2. The standard InChI is InChI=1S/C30H18Cl4N2O4/c1-37-25-13-23-27(11-21(25)33)39-29(35-23)17-7-5-15(19(31)9-17)3-4-16-6-8-18(10-20(16)32)30-36-24-14-26(38-2)22(34)12-28(24)40-30/h3-14H,1-2H3/b4-3+. The minimum atomic E-state index is 0.426. The van der Waals surface area contributed by atoms with Crippen LogP contribution in [0.5, 0.6) is 11.5 Å². The number of fused-ring (bicyclic) bond motifs is 2. The summed E-state index contributed by atoms with van der Waals surface area (Å²) in [5, 5.41) is 1.95. The molecule has 0 unspecified atom stereocenters. The van der Waals surface area contributed by atoms with Gasteiger partial charge >= 0.3 is 0 Å². The summed E-state index contributed by atoms with van der Waals surface area (Å²) in [4.78, 5) is 9.09. The zero-order valence-electron chi connectivity index (χ0n) is 21.0. The van der Waals surface area contributed by atoms with E-state index in [2.05, 4.69) is 9.97 Å². The molecule has 2 aromatic heterocycles. The van der Waals surface area contributed by atoms with Crippen molar-refractivity contribution >= 4 is 80.8 Å². The first kappa shape index (κ1) is 26.5. The smallest absolute Gasteiger partial charge is 0.227 e. The normalized spacial score (nSPS) is 11.7. The highest BCUT2D eigenvalue weighted by Gasteiger charge is 2.15. The average molecular weight is 612 g/mol. The van der Waals surface area contributed by atoms with Crippen LogP contribution in [0.2, 0.25) is 20.1 Å². The summed E-state index contributed by atoms with van der Waals surface area (Å²) in [5.41, 5.74) is 5.45. The molecule has 0 fully saturated rings. The molecule has 6 nitrogen and oxygen atoms in total. The van der Waals surface area contributed by atoms with Crippen LogP contribution in [-0.4, -0.2) is 24.2 Å². The number of halogens is 4. The molecule has 4 aromatic carbocycles. The molecule has 0 radical (unpaired) electrons. The largest absolute Gasteiger partial charge is 0.495 e. The Morgan fingerprint density at radius 3 is 1.38 bits per heavy atom. The molecule has 0 bridgehead atoms. The fourth-order valence-corrected chi connectivity index (χ4v) is 5.14. The van der Waals surface area contributed by atoms with Gasteiger partial charge in [0.1, 0.15) is 22.5 Å². The summed E-state index contributed by atoms with van der Waals surface area (Å²) in [6.07, 6.45) is 3.77. The van der Waals surface area contributed by atoms with Crippen molar-refractivity contribution in [2.45, 2.75) is 0 Å². The topological polar surface area (TPSA) is 70.5 Å². The summed E-state index contributed by atoms with van der Waals surface area (Å²) in [5.74, 6) is 1.91. The number of hydrogen-bond acceptors (Lipinski definition) is 6. The third-order valence-corrected chi connectivity index (χ3v) is 7.51. The Hall–Kier alpha value is -3.68. The fourth-order valence-electron chi connectivity index (χ4n) is 4.19. The van der Waals surface area contributed by atoms with Crippen LogP contribution in [0.4, 0.5) is 0 Å². The number of ether oxygens (including phenoxy) is 2. The van der Waals surface area contributed by atoms with Gasteiger partial charge in [-0.15, -0.1) is 0 Å². The fraction of sp³-hybridized carbons (Fsp3) is 0.0667. The Balaban J connectivity index is 1.24. The van der Waals surface area contributed by atoms with Crippen molar-refractivity contribution in [3.63, 3.8) is 0 Å². The summed E-state index contributed by atoms with van der Waals surface area (Å²) in [7, 11) is 3.10. The number of nitrogens with zero attached hydrogens (tertiary/aromatic N) is 2. The molecule has 0 saturated heterocycles. The van der Waals surface area contributed by atoms with Crippen LogP contribution in [0.3, 0.4) is 0 Å². The molecule has 200 valence electrons. The Morgan fingerprint density at radius 1 is 0.575 bits per heavy atom. The van der Waals surface area contributed by atoms with Crippen LogP contribution in [-0.2, 0) is 0 Å². The maximum Gasteiger partial charge on any atom is 0.227 e. The van der Waals surface area contributed by atoms with Gasteiger partial charge in [0.15, 0.2) is 11.2 Å². The van der Waals surface area contributed by atoms with Gasteiger partial charge < -0.3 is 18.3 Å². The van der Waals surface area contributed by atoms with Crippen molar-refractivity contribution in [1.29, 1.82) is 0 Å². The highest BCUT2D eigenvalue weighted by atomic mass is 35.5. The first-order valence-corrected chi connectivity index (χ1v) is 13.4. The van der Waals surface area contributed by atoms with Gasteiger partial charge in [-0.05, 0) is 35.4 Å². The Kier molecular flexibility index (Phi) is 7.11. The molecule has 40 heavy (non-hydrogen) atoms. The molecular weight excluding hydrogens is 594 g/mol. The average Bonchev–Trinajstić information content (AvgIpc) is 3.55. The van der Waals surface area contributed by atoms with Gasteiger partial charge in [0, 0.05) is 45.4 Å². The molecule has 0 atom stereocenters. The second kappa shape index (κ2) is 10.7. The van der Waals surface area contributed by atoms with Crippen LogP contribution < -0.4 is 9.47 Å². The zero-order valence-corrected chi connectivity index (χ0v) is 24.0. The summed E-state index contributed by atoms with van der Waals surface area (Å²) >= 11 is 25.6. The lowest BCUT2D eigenvalue weighted by Gasteiger charge is -2.03. The van der Waals surface area contributed by atoms with E-state index in [-0.39, 0.29) is 0 Å². The zero-order chi connectivity index (χ0) is 28.0. The monoisotopic (exact) mass is 610 g/mol. The number of aromatic nitrogens is 2. The molecule has 6 rings (SSSR count). The summed E-state index contributed by atoms with van der Waals surface area (Å²) in [6, 6.07) is 17.9. The third kappa shape index (κ3) is 5.00. The van der Waals surface area contributed by atoms with E-state index in [9.17, 15) is 0 Å². The first-order chi connectivity index (χ1) is 19.3. The second-order valence-corrected chi connectivity index (χ2v) is 10.4. The third-order valence-electron chi connectivity index (χ3n) is 6.26. The van der Waals surface area contributed by atoms with Crippen LogP contribution in [0.15, 0.2) is 69.5 Å². The lowest BCUT2D eigenvalue weighted by Crippen LogP contribution is -1.84. The Bertz CT molecular complexity index is 1800. The lowest BCUT2D eigenvalue weighted by molar-refractivity contribution is 0.415. The van der Waals surface area contributed by atoms with Crippen LogP contribution in [0.25, 0.3) is 57.3 Å². The van der Waals surface area contributed by atoms with Crippen LogP contribution in [0, 0.1) is 0 Å². The van der Waals surface area contributed by atoms with E-state index >= 15 is 0 Å². The summed E-state index contributed by atoms with van der Waals surface area (Å²) < 4.78 is 22.3. The van der Waals surface area contributed by atoms with E-state index < -0.39 is 0 Å². The second-order valence-electron chi connectivity index (χ2n) is 8.75. The minimum Gasteiger partial charge on any atom is -0.495 e. The number of rotatable bonds is 6. The van der Waals surface area contributed by atoms with Crippen molar-refractivity contribution < 1.29 is 18.3 Å². The predicted octanol–water partition coefficient (Wildman–Crippen LogP) is 10.1. The molecular formula is C30H18Cl4N2O4. The maximum atomic E-state index is 6.60. The van der Waals surface area contributed by atoms with Crippen molar-refractivity contribution in [2.75, 3.05) is 14.2 Å². The molecule has 0 saturated carbocycles. The first-order valence-electron chi connectivity index (χ1n) is 11.9. The quantitative estimate of drug-likeness (QED) is 0.174. The van der Waals surface area contributed by atoms with E-state index in [4.69, 9.17) is 64.7 Å². The highest BCUT2D eigenvalue weighted by Crippen LogP contribution is 2.36. The van der Waals surface area contributed by atoms with Gasteiger partial charge in [-0.25, -0.2) is 9.97 Å². The predicted molar refractivity (Wildman–Crippen MR) is 161 cm³/mol. The molecule has 6 aromatic rings. The van der Waals surface area contributed by atoms with Gasteiger partial charge in [0.25, 0.3) is 0 Å². The van der Waals surface area contributed by atoms with Crippen molar-refractivity contribution in [2.24, 2.45) is 0 Å². The Morgan fingerprint density at radius 2 is 1.00 bits per heavy atom. The molecule has 0 aliphatic carbocycles. The minimum absolute atomic E-state index is 0.426. The van der Waals surface area contributed by atoms with Gasteiger partial charge in [0.2, 0.25) is 11.8 Å². The molecule has 2 heterocycles.